The van der Waals surface area contributed by atoms with Crippen LogP contribution >= 0.6 is 0 Å². The van der Waals surface area contributed by atoms with Gasteiger partial charge in [0.15, 0.2) is 0 Å². The van der Waals surface area contributed by atoms with E-state index in [0.29, 0.717) is 6.10 Å². The van der Waals surface area contributed by atoms with Crippen LogP contribution < -0.4 is 4.74 Å². The number of aryl methyl sites for hydroxylation is 1. The average molecular weight is 218 g/mol. The van der Waals surface area contributed by atoms with Crippen molar-refractivity contribution in [3.8, 4) is 5.75 Å². The molecule has 0 aromatic heterocycles. The van der Waals surface area contributed by atoms with Crippen LogP contribution in [0.5, 0.6) is 5.75 Å². The molecule has 88 valence electrons. The average Bonchev–Trinajstić information content (AvgIpc) is 2.29. The summed E-state index contributed by atoms with van der Waals surface area (Å²) in [4.78, 5) is 0. The molecule has 0 bridgehead atoms. The van der Waals surface area contributed by atoms with Gasteiger partial charge in [-0.05, 0) is 37.8 Å². The van der Waals surface area contributed by atoms with Gasteiger partial charge in [-0.15, -0.1) is 6.58 Å². The molecule has 0 aliphatic heterocycles. The van der Waals surface area contributed by atoms with Crippen LogP contribution in [-0.2, 0) is 6.42 Å². The maximum absolute atomic E-state index is 6.00. The third kappa shape index (κ3) is 3.41. The first-order valence-electron chi connectivity index (χ1n) is 6.08. The molecule has 1 rings (SSSR count). The summed E-state index contributed by atoms with van der Waals surface area (Å²) in [5.74, 6) is 1.01. The Labute approximate surface area is 99.1 Å². The summed E-state index contributed by atoms with van der Waals surface area (Å²) in [6.07, 6.45) is 5.23. The van der Waals surface area contributed by atoms with Crippen LogP contribution in [0.1, 0.15) is 37.8 Å². The molecule has 16 heavy (non-hydrogen) atoms. The fraction of sp³-hybridized carbons (Fsp3) is 0.467. The van der Waals surface area contributed by atoms with Gasteiger partial charge in [0, 0.05) is 0 Å². The molecular formula is C15H22O. The lowest BCUT2D eigenvalue weighted by Crippen LogP contribution is -2.14. The lowest BCUT2D eigenvalue weighted by molar-refractivity contribution is 0.191. The van der Waals surface area contributed by atoms with E-state index >= 15 is 0 Å². The Kier molecular flexibility index (Phi) is 5.10. The third-order valence-corrected chi connectivity index (χ3v) is 2.78. The van der Waals surface area contributed by atoms with Crippen molar-refractivity contribution in [3.05, 3.63) is 42.0 Å². The second-order valence-corrected chi connectivity index (χ2v) is 4.16. The molecule has 0 spiro atoms. The summed E-state index contributed by atoms with van der Waals surface area (Å²) in [7, 11) is 0. The van der Waals surface area contributed by atoms with Crippen molar-refractivity contribution in [2.24, 2.45) is 0 Å². The van der Waals surface area contributed by atoms with Crippen molar-refractivity contribution >= 4 is 0 Å². The Morgan fingerprint density at radius 1 is 1.31 bits per heavy atom. The van der Waals surface area contributed by atoms with Gasteiger partial charge < -0.3 is 4.74 Å². The van der Waals surface area contributed by atoms with E-state index in [1.807, 2.05) is 6.08 Å². The highest BCUT2D eigenvalue weighted by Crippen LogP contribution is 2.23. The summed E-state index contributed by atoms with van der Waals surface area (Å²) < 4.78 is 6.00. The summed E-state index contributed by atoms with van der Waals surface area (Å²) in [5.41, 5.74) is 2.51. The van der Waals surface area contributed by atoms with Gasteiger partial charge in [-0.2, -0.15) is 0 Å². The molecule has 0 aliphatic rings. The molecule has 0 amide bonds. The summed E-state index contributed by atoms with van der Waals surface area (Å²) >= 11 is 0. The van der Waals surface area contributed by atoms with E-state index < -0.39 is 0 Å². The van der Waals surface area contributed by atoms with Crippen molar-refractivity contribution in [2.75, 3.05) is 0 Å². The van der Waals surface area contributed by atoms with Gasteiger partial charge in [0.2, 0.25) is 0 Å². The Morgan fingerprint density at radius 2 is 2.00 bits per heavy atom. The lowest BCUT2D eigenvalue weighted by Gasteiger charge is -2.18. The maximum atomic E-state index is 6.00. The van der Waals surface area contributed by atoms with Crippen molar-refractivity contribution < 1.29 is 4.74 Å². The molecule has 0 N–H and O–H groups in total. The molecule has 0 unspecified atom stereocenters. The van der Waals surface area contributed by atoms with Gasteiger partial charge in [0.05, 0.1) is 6.10 Å². The molecule has 1 heteroatoms. The summed E-state index contributed by atoms with van der Waals surface area (Å²) in [6, 6.07) is 6.36. The Hall–Kier alpha value is -1.24. The van der Waals surface area contributed by atoms with E-state index in [1.165, 1.54) is 11.1 Å². The molecule has 1 nitrogen and oxygen atoms in total. The number of hydrogen-bond donors (Lipinski definition) is 0. The predicted molar refractivity (Wildman–Crippen MR) is 70.1 cm³/mol. The number of ether oxygens (including phenoxy) is 1. The predicted octanol–water partition coefficient (Wildman–Crippen LogP) is 4.29. The minimum atomic E-state index is 0.325. The van der Waals surface area contributed by atoms with E-state index in [2.05, 4.69) is 45.5 Å². The van der Waals surface area contributed by atoms with Crippen LogP contribution in [0.25, 0.3) is 0 Å². The Bertz CT molecular complexity index is 337. The molecule has 0 saturated heterocycles. The van der Waals surface area contributed by atoms with Gasteiger partial charge in [-0.3, -0.25) is 0 Å². The number of benzene rings is 1. The van der Waals surface area contributed by atoms with Crippen molar-refractivity contribution in [2.45, 2.75) is 46.1 Å². The highest BCUT2D eigenvalue weighted by molar-refractivity contribution is 5.38. The second kappa shape index (κ2) is 6.37. The van der Waals surface area contributed by atoms with Gasteiger partial charge >= 0.3 is 0 Å². The third-order valence-electron chi connectivity index (χ3n) is 2.78. The second-order valence-electron chi connectivity index (χ2n) is 4.16. The Morgan fingerprint density at radius 3 is 2.56 bits per heavy atom. The molecule has 0 heterocycles. The van der Waals surface area contributed by atoms with Gasteiger partial charge in [0.1, 0.15) is 5.75 Å². The number of rotatable bonds is 6. The zero-order valence-electron chi connectivity index (χ0n) is 10.6. The first-order chi connectivity index (χ1) is 7.71. The molecule has 0 radical (unpaired) electrons. The molecule has 1 aromatic carbocycles. The standard InChI is InChI=1S/C15H22O/c1-5-8-13-11-12(4)9-10-15(13)16-14(6-2)7-3/h5,9-11,14H,1,6-8H2,2-4H3. The fourth-order valence-corrected chi connectivity index (χ4v) is 1.77. The van der Waals surface area contributed by atoms with E-state index in [-0.39, 0.29) is 0 Å². The van der Waals surface area contributed by atoms with Crippen LogP contribution in [0.4, 0.5) is 0 Å². The van der Waals surface area contributed by atoms with Gasteiger partial charge in [-0.1, -0.05) is 37.6 Å². The first-order valence-corrected chi connectivity index (χ1v) is 6.08. The van der Waals surface area contributed by atoms with E-state index in [1.54, 1.807) is 0 Å². The summed E-state index contributed by atoms with van der Waals surface area (Å²) in [6.45, 7) is 10.2. The first kappa shape index (κ1) is 12.8. The molecule has 0 atom stereocenters. The van der Waals surface area contributed by atoms with Gasteiger partial charge in [-0.25, -0.2) is 0 Å². The quantitative estimate of drug-likeness (QED) is 0.647. The lowest BCUT2D eigenvalue weighted by atomic mass is 10.1. The largest absolute Gasteiger partial charge is 0.490 e. The maximum Gasteiger partial charge on any atom is 0.123 e. The molecule has 0 aliphatic carbocycles. The Balaban J connectivity index is 2.88. The van der Waals surface area contributed by atoms with E-state index in [0.717, 1.165) is 25.0 Å². The van der Waals surface area contributed by atoms with Crippen LogP contribution in [0.3, 0.4) is 0 Å². The van der Waals surface area contributed by atoms with Crippen LogP contribution in [0.15, 0.2) is 30.9 Å². The highest BCUT2D eigenvalue weighted by atomic mass is 16.5. The fourth-order valence-electron chi connectivity index (χ4n) is 1.77. The molecule has 1 aromatic rings. The molecule has 0 fully saturated rings. The van der Waals surface area contributed by atoms with Gasteiger partial charge in [0.25, 0.3) is 0 Å². The topological polar surface area (TPSA) is 9.23 Å². The monoisotopic (exact) mass is 218 g/mol. The van der Waals surface area contributed by atoms with Crippen molar-refractivity contribution in [3.63, 3.8) is 0 Å². The zero-order chi connectivity index (χ0) is 12.0. The summed E-state index contributed by atoms with van der Waals surface area (Å²) in [5, 5.41) is 0. The van der Waals surface area contributed by atoms with Crippen molar-refractivity contribution in [1.29, 1.82) is 0 Å². The minimum absolute atomic E-state index is 0.325. The van der Waals surface area contributed by atoms with Crippen LogP contribution in [-0.4, -0.2) is 6.10 Å². The van der Waals surface area contributed by atoms with E-state index in [9.17, 15) is 0 Å². The zero-order valence-corrected chi connectivity index (χ0v) is 10.6. The SMILES string of the molecule is C=CCc1cc(C)ccc1OC(CC)CC. The normalized spacial score (nSPS) is 10.5. The molecule has 0 saturated carbocycles. The number of allylic oxidation sites excluding steroid dienone is 1. The van der Waals surface area contributed by atoms with Crippen LogP contribution in [0.2, 0.25) is 0 Å². The number of hydrogen-bond acceptors (Lipinski definition) is 1. The van der Waals surface area contributed by atoms with E-state index in [4.69, 9.17) is 4.74 Å². The smallest absolute Gasteiger partial charge is 0.123 e. The van der Waals surface area contributed by atoms with Crippen LogP contribution in [0, 0.1) is 6.92 Å². The molecular weight excluding hydrogens is 196 g/mol. The van der Waals surface area contributed by atoms with Crippen molar-refractivity contribution in [1.82, 2.24) is 0 Å². The minimum Gasteiger partial charge on any atom is -0.490 e. The highest BCUT2D eigenvalue weighted by Gasteiger charge is 2.08.